The Kier molecular flexibility index (Phi) is 7.30. The van der Waals surface area contributed by atoms with Gasteiger partial charge in [-0.05, 0) is 56.2 Å². The second kappa shape index (κ2) is 10.4. The lowest BCUT2D eigenvalue weighted by atomic mass is 10.0. The Hall–Kier alpha value is -2.85. The third-order valence-corrected chi connectivity index (χ3v) is 8.19. The van der Waals surface area contributed by atoms with Crippen LogP contribution in [0.15, 0.2) is 70.0 Å². The molecule has 2 aromatic carbocycles. The van der Waals surface area contributed by atoms with Crippen molar-refractivity contribution >= 4 is 18.4 Å². The molecule has 0 radical (unpaired) electrons. The number of aromatic nitrogens is 2. The van der Waals surface area contributed by atoms with E-state index in [9.17, 15) is 14.2 Å². The maximum Gasteiger partial charge on any atom is 0.353 e. The highest BCUT2D eigenvalue weighted by Gasteiger charge is 2.56. The Balaban J connectivity index is 1.58. The summed E-state index contributed by atoms with van der Waals surface area (Å²) in [6.45, 7) is 7.41. The zero-order valence-electron chi connectivity index (χ0n) is 21.7. The van der Waals surface area contributed by atoms with Crippen LogP contribution in [-0.4, -0.2) is 46.9 Å². The summed E-state index contributed by atoms with van der Waals surface area (Å²) in [6, 6.07) is 14.9. The number of benzene rings is 2. The Bertz CT molecular complexity index is 1520. The molecule has 1 N–H and O–H groups in total. The number of fused-ring (bicyclic) bond motifs is 2. The van der Waals surface area contributed by atoms with Crippen LogP contribution in [0.2, 0.25) is 0 Å². The second-order valence-electron chi connectivity index (χ2n) is 9.53. The van der Waals surface area contributed by atoms with Crippen LogP contribution in [0.3, 0.4) is 0 Å². The fourth-order valence-corrected chi connectivity index (χ4v) is 6.32. The minimum Gasteiger partial charge on any atom is -0.345 e. The average Bonchev–Trinajstić information content (AvgIpc) is 3.35. The molecular formula is C27H31N2O8P. The van der Waals surface area contributed by atoms with Gasteiger partial charge in [0.05, 0.1) is 18.9 Å². The van der Waals surface area contributed by atoms with Crippen LogP contribution in [0.25, 0.3) is 22.0 Å². The van der Waals surface area contributed by atoms with Gasteiger partial charge in [0.1, 0.15) is 18.3 Å². The topological polar surface area (TPSA) is 118 Å². The van der Waals surface area contributed by atoms with Gasteiger partial charge in [-0.1, -0.05) is 36.4 Å². The van der Waals surface area contributed by atoms with Crippen molar-refractivity contribution in [1.82, 2.24) is 9.55 Å². The minimum absolute atomic E-state index is 0.205. The molecule has 5 rings (SSSR count). The highest BCUT2D eigenvalue weighted by atomic mass is 31.2. The fraction of sp³-hybridized carbons (Fsp3) is 0.407. The average molecular weight is 543 g/mol. The van der Waals surface area contributed by atoms with Crippen molar-refractivity contribution in [3.8, 4) is 11.3 Å². The van der Waals surface area contributed by atoms with E-state index in [0.29, 0.717) is 11.3 Å². The molecule has 0 unspecified atom stereocenters. The summed E-state index contributed by atoms with van der Waals surface area (Å²) >= 11 is 0. The van der Waals surface area contributed by atoms with E-state index in [1.54, 1.807) is 33.8 Å². The highest BCUT2D eigenvalue weighted by Crippen LogP contribution is 2.51. The molecule has 11 heteroatoms. The zero-order chi connectivity index (χ0) is 27.1. The van der Waals surface area contributed by atoms with Gasteiger partial charge in [0, 0.05) is 11.9 Å². The molecule has 4 atom stereocenters. The monoisotopic (exact) mass is 542 g/mol. The summed E-state index contributed by atoms with van der Waals surface area (Å²) in [7, 11) is -3.50. The van der Waals surface area contributed by atoms with Gasteiger partial charge in [-0.15, -0.1) is 0 Å². The smallest absolute Gasteiger partial charge is 0.345 e. The van der Waals surface area contributed by atoms with E-state index >= 15 is 0 Å². The number of ether oxygens (including phenoxy) is 3. The van der Waals surface area contributed by atoms with Crippen LogP contribution in [0.1, 0.15) is 33.9 Å². The van der Waals surface area contributed by atoms with Crippen molar-refractivity contribution in [3.63, 3.8) is 0 Å². The zero-order valence-corrected chi connectivity index (χ0v) is 22.6. The largest absolute Gasteiger partial charge is 0.353 e. The predicted octanol–water partition coefficient (Wildman–Crippen LogP) is 4.55. The molecule has 2 aliphatic rings. The van der Waals surface area contributed by atoms with E-state index in [0.717, 1.165) is 10.8 Å². The molecule has 2 fully saturated rings. The second-order valence-corrected chi connectivity index (χ2v) is 11.4. The minimum atomic E-state index is -3.50. The van der Waals surface area contributed by atoms with Gasteiger partial charge in [-0.2, -0.15) is 0 Å². The molecule has 1 aromatic heterocycles. The van der Waals surface area contributed by atoms with Crippen LogP contribution < -0.4 is 11.2 Å². The summed E-state index contributed by atoms with van der Waals surface area (Å²) in [6.07, 6.45) is -1.42. The Labute approximate surface area is 219 Å². The normalized spacial score (nSPS) is 24.8. The number of rotatable bonds is 8. The van der Waals surface area contributed by atoms with E-state index in [-0.39, 0.29) is 13.2 Å². The first-order chi connectivity index (χ1) is 18.1. The van der Waals surface area contributed by atoms with Crippen molar-refractivity contribution in [2.75, 3.05) is 13.2 Å². The Morgan fingerprint density at radius 1 is 1.00 bits per heavy atom. The fourth-order valence-electron chi connectivity index (χ4n) is 4.97. The maximum absolute atomic E-state index is 13.3. The van der Waals surface area contributed by atoms with Crippen molar-refractivity contribution in [1.29, 1.82) is 0 Å². The molecule has 0 saturated carbocycles. The molecule has 10 nitrogen and oxygen atoms in total. The van der Waals surface area contributed by atoms with E-state index < -0.39 is 49.2 Å². The van der Waals surface area contributed by atoms with E-state index in [1.807, 2.05) is 42.5 Å². The van der Waals surface area contributed by atoms with Crippen molar-refractivity contribution in [2.24, 2.45) is 0 Å². The van der Waals surface area contributed by atoms with E-state index in [4.69, 9.17) is 23.3 Å². The van der Waals surface area contributed by atoms with Gasteiger partial charge in [0.25, 0.3) is 5.56 Å². The summed E-state index contributed by atoms with van der Waals surface area (Å²) in [5.74, 6) is 0.403. The predicted molar refractivity (Wildman–Crippen MR) is 142 cm³/mol. The molecule has 3 heterocycles. The van der Waals surface area contributed by atoms with Crippen molar-refractivity contribution in [3.05, 3.63) is 81.3 Å². The summed E-state index contributed by atoms with van der Waals surface area (Å²) in [5, 5.41) is 1.99. The number of hydrogen-bond donors (Lipinski definition) is 1. The summed E-state index contributed by atoms with van der Waals surface area (Å²) in [5.41, 5.74) is -0.128. The first kappa shape index (κ1) is 26.7. The molecule has 0 spiro atoms. The molecule has 202 valence electrons. The van der Waals surface area contributed by atoms with Crippen LogP contribution >= 0.6 is 7.60 Å². The van der Waals surface area contributed by atoms with Gasteiger partial charge in [0.2, 0.25) is 0 Å². The molecule has 0 amide bonds. The Morgan fingerprint density at radius 3 is 2.39 bits per heavy atom. The summed E-state index contributed by atoms with van der Waals surface area (Å²) < 4.78 is 43.7. The molecule has 0 aliphatic carbocycles. The van der Waals surface area contributed by atoms with Crippen LogP contribution in [0, 0.1) is 0 Å². The van der Waals surface area contributed by atoms with Gasteiger partial charge in [0.15, 0.2) is 12.0 Å². The van der Waals surface area contributed by atoms with Gasteiger partial charge >= 0.3 is 13.3 Å². The standard InChI is InChI=1S/C27H31N2O8P/c1-5-33-38(32,34-6-2)14-13-21-23-24(37-27(3,4)36-23)25(35-21)29-20(16-22(30)28-26(29)31)19-12-11-17-9-7-8-10-18(17)15-19/h7-16,21,23-25H,5-6H2,1-4H3,(H,28,30,31)/b14-13+/t21-,23-,24-,25-/m1/s1. The van der Waals surface area contributed by atoms with Crippen LogP contribution in [0.5, 0.6) is 0 Å². The quantitative estimate of drug-likeness (QED) is 0.412. The van der Waals surface area contributed by atoms with Crippen molar-refractivity contribution in [2.45, 2.75) is 58.0 Å². The van der Waals surface area contributed by atoms with Gasteiger partial charge in [-0.25, -0.2) is 4.79 Å². The van der Waals surface area contributed by atoms with Crippen LogP contribution in [-0.2, 0) is 27.8 Å². The van der Waals surface area contributed by atoms with E-state index in [1.165, 1.54) is 16.5 Å². The van der Waals surface area contributed by atoms with E-state index in [2.05, 4.69) is 4.98 Å². The first-order valence-corrected chi connectivity index (χ1v) is 14.2. The lowest BCUT2D eigenvalue weighted by Gasteiger charge is -2.26. The number of aromatic amines is 1. The van der Waals surface area contributed by atoms with Gasteiger partial charge < -0.3 is 23.3 Å². The molecule has 2 saturated heterocycles. The number of nitrogens with zero attached hydrogens (tertiary/aromatic N) is 1. The van der Waals surface area contributed by atoms with Gasteiger partial charge in [-0.3, -0.25) is 18.9 Å². The highest BCUT2D eigenvalue weighted by molar-refractivity contribution is 7.57. The lowest BCUT2D eigenvalue weighted by Crippen LogP contribution is -2.38. The molecular weight excluding hydrogens is 511 g/mol. The third kappa shape index (κ3) is 5.20. The summed E-state index contributed by atoms with van der Waals surface area (Å²) in [4.78, 5) is 28.0. The molecule has 2 aliphatic heterocycles. The Morgan fingerprint density at radius 2 is 1.68 bits per heavy atom. The third-order valence-electron chi connectivity index (χ3n) is 6.42. The molecule has 3 aromatic rings. The lowest BCUT2D eigenvalue weighted by molar-refractivity contribution is -0.191. The molecule has 0 bridgehead atoms. The van der Waals surface area contributed by atoms with Crippen molar-refractivity contribution < 1.29 is 27.8 Å². The number of hydrogen-bond acceptors (Lipinski definition) is 8. The number of H-pyrrole nitrogens is 1. The van der Waals surface area contributed by atoms with Crippen LogP contribution in [0.4, 0.5) is 0 Å². The molecule has 38 heavy (non-hydrogen) atoms. The first-order valence-electron chi connectivity index (χ1n) is 12.6. The maximum atomic E-state index is 13.3. The number of nitrogens with one attached hydrogen (secondary N) is 1. The SMILES string of the molecule is CCOP(=O)(/C=C/[C@H]1O[C@@H](n2c(-c3ccc4ccccc4c3)cc(=O)[nH]c2=O)[C@@H]2OC(C)(C)O[C@@H]21)OCC.